The van der Waals surface area contributed by atoms with Gasteiger partial charge < -0.3 is 4.74 Å². The number of halogens is 1. The molecule has 1 aromatic heterocycles. The number of carbonyl (C=O) groups is 1. The number of thiazole rings is 1. The Bertz CT molecular complexity index is 960. The summed E-state index contributed by atoms with van der Waals surface area (Å²) in [6.07, 6.45) is 1.09. The number of fused-ring (bicyclic) bond motifs is 1. The molecule has 6 heteroatoms. The van der Waals surface area contributed by atoms with Crippen LogP contribution in [0.5, 0.6) is 5.75 Å². The first-order valence-corrected chi connectivity index (χ1v) is 10.2. The third-order valence-electron chi connectivity index (χ3n) is 4.62. The lowest BCUT2D eigenvalue weighted by atomic mass is 9.99. The van der Waals surface area contributed by atoms with E-state index in [1.165, 1.54) is 16.9 Å². The van der Waals surface area contributed by atoms with E-state index in [4.69, 9.17) is 16.3 Å². The Balaban J connectivity index is 1.65. The van der Waals surface area contributed by atoms with Crippen LogP contribution in [0.2, 0.25) is 5.02 Å². The SMILES string of the molecule is CCC(C)c1ccc2nc(NC(=O)COc3cc(C)c(Cl)c(C)c3)sc2c1. The molecule has 1 heterocycles. The van der Waals surface area contributed by atoms with Crippen LogP contribution in [0, 0.1) is 13.8 Å². The molecule has 0 saturated carbocycles. The third kappa shape index (κ3) is 4.60. The molecular weight excluding hydrogens is 380 g/mol. The number of rotatable bonds is 6. The quantitative estimate of drug-likeness (QED) is 0.542. The number of nitrogens with one attached hydrogen (secondary N) is 1. The standard InChI is InChI=1S/C21H23ClN2O2S/c1-5-12(2)15-6-7-17-18(10-15)27-21(23-17)24-19(25)11-26-16-8-13(3)20(22)14(4)9-16/h6-10,12H,5,11H2,1-4H3,(H,23,24,25). The maximum Gasteiger partial charge on any atom is 0.264 e. The van der Waals surface area contributed by atoms with Crippen molar-refractivity contribution in [2.24, 2.45) is 0 Å². The Hall–Kier alpha value is -2.11. The topological polar surface area (TPSA) is 51.2 Å². The molecule has 27 heavy (non-hydrogen) atoms. The van der Waals surface area contributed by atoms with Crippen LogP contribution in [0.3, 0.4) is 0 Å². The van der Waals surface area contributed by atoms with Gasteiger partial charge in [0.25, 0.3) is 5.91 Å². The third-order valence-corrected chi connectivity index (χ3v) is 6.15. The second kappa shape index (κ2) is 8.28. The van der Waals surface area contributed by atoms with Crippen LogP contribution in [0.25, 0.3) is 10.2 Å². The number of hydrogen-bond donors (Lipinski definition) is 1. The minimum atomic E-state index is -0.235. The number of amides is 1. The monoisotopic (exact) mass is 402 g/mol. The predicted molar refractivity (Wildman–Crippen MR) is 113 cm³/mol. The first kappa shape index (κ1) is 19.6. The molecule has 1 N–H and O–H groups in total. The van der Waals surface area contributed by atoms with Gasteiger partial charge in [0.1, 0.15) is 5.75 Å². The van der Waals surface area contributed by atoms with Crippen LogP contribution < -0.4 is 10.1 Å². The number of anilines is 1. The Kier molecular flexibility index (Phi) is 6.02. The molecule has 0 radical (unpaired) electrons. The summed E-state index contributed by atoms with van der Waals surface area (Å²) in [6.45, 7) is 8.14. The van der Waals surface area contributed by atoms with E-state index < -0.39 is 0 Å². The number of ether oxygens (including phenoxy) is 1. The van der Waals surface area contributed by atoms with Gasteiger partial charge in [0.05, 0.1) is 10.2 Å². The highest BCUT2D eigenvalue weighted by Gasteiger charge is 2.11. The molecule has 2 aromatic carbocycles. The maximum atomic E-state index is 12.2. The van der Waals surface area contributed by atoms with Crippen molar-refractivity contribution in [2.45, 2.75) is 40.0 Å². The molecule has 0 aliphatic rings. The van der Waals surface area contributed by atoms with Crippen molar-refractivity contribution < 1.29 is 9.53 Å². The van der Waals surface area contributed by atoms with Crippen molar-refractivity contribution in [1.29, 1.82) is 0 Å². The number of benzene rings is 2. The van der Waals surface area contributed by atoms with Crippen LogP contribution in [0.15, 0.2) is 30.3 Å². The smallest absolute Gasteiger partial charge is 0.264 e. The fraction of sp³-hybridized carbons (Fsp3) is 0.333. The van der Waals surface area contributed by atoms with Crippen molar-refractivity contribution in [3.05, 3.63) is 52.0 Å². The largest absolute Gasteiger partial charge is 0.484 e. The van der Waals surface area contributed by atoms with Gasteiger partial charge in [-0.2, -0.15) is 0 Å². The van der Waals surface area contributed by atoms with Crippen molar-refractivity contribution in [2.75, 3.05) is 11.9 Å². The van der Waals surface area contributed by atoms with Crippen molar-refractivity contribution >= 4 is 44.2 Å². The van der Waals surface area contributed by atoms with Gasteiger partial charge in [-0.05, 0) is 67.1 Å². The van der Waals surface area contributed by atoms with Crippen LogP contribution >= 0.6 is 22.9 Å². The number of aryl methyl sites for hydroxylation is 2. The second-order valence-electron chi connectivity index (χ2n) is 6.76. The zero-order chi connectivity index (χ0) is 19.6. The van der Waals surface area contributed by atoms with E-state index in [1.807, 2.05) is 32.0 Å². The van der Waals surface area contributed by atoms with Crippen molar-refractivity contribution in [1.82, 2.24) is 4.98 Å². The van der Waals surface area contributed by atoms with Crippen LogP contribution in [0.4, 0.5) is 5.13 Å². The molecule has 4 nitrogen and oxygen atoms in total. The number of carbonyl (C=O) groups excluding carboxylic acids is 1. The summed E-state index contributed by atoms with van der Waals surface area (Å²) in [5, 5.41) is 4.13. The summed E-state index contributed by atoms with van der Waals surface area (Å²) in [5.41, 5.74) is 4.04. The number of nitrogens with zero attached hydrogens (tertiary/aromatic N) is 1. The zero-order valence-corrected chi connectivity index (χ0v) is 17.5. The average molecular weight is 403 g/mol. The molecule has 1 unspecified atom stereocenters. The summed E-state index contributed by atoms with van der Waals surface area (Å²) in [6, 6.07) is 9.94. The minimum absolute atomic E-state index is 0.0748. The van der Waals surface area contributed by atoms with E-state index in [2.05, 4.69) is 36.3 Å². The first-order valence-electron chi connectivity index (χ1n) is 8.97. The van der Waals surface area contributed by atoms with E-state index in [9.17, 15) is 4.79 Å². The Morgan fingerprint density at radius 1 is 1.26 bits per heavy atom. The summed E-state index contributed by atoms with van der Waals surface area (Å²) in [7, 11) is 0. The van der Waals surface area contributed by atoms with Gasteiger partial charge in [-0.3, -0.25) is 10.1 Å². The van der Waals surface area contributed by atoms with Gasteiger partial charge in [-0.15, -0.1) is 0 Å². The van der Waals surface area contributed by atoms with Crippen LogP contribution in [0.1, 0.15) is 42.9 Å². The van der Waals surface area contributed by atoms with Gasteiger partial charge in [0, 0.05) is 5.02 Å². The number of aromatic nitrogens is 1. The molecule has 0 fully saturated rings. The fourth-order valence-electron chi connectivity index (χ4n) is 2.83. The highest BCUT2D eigenvalue weighted by atomic mass is 35.5. The molecule has 142 valence electrons. The molecule has 0 spiro atoms. The van der Waals surface area contributed by atoms with E-state index in [1.54, 1.807) is 0 Å². The Morgan fingerprint density at radius 3 is 2.63 bits per heavy atom. The summed E-state index contributed by atoms with van der Waals surface area (Å²) in [4.78, 5) is 16.7. The molecule has 3 rings (SSSR count). The highest BCUT2D eigenvalue weighted by molar-refractivity contribution is 7.22. The molecule has 0 aliphatic heterocycles. The van der Waals surface area contributed by atoms with E-state index in [0.29, 0.717) is 16.8 Å². The molecular formula is C21H23ClN2O2S. The van der Waals surface area contributed by atoms with Gasteiger partial charge in [0.15, 0.2) is 11.7 Å². The summed E-state index contributed by atoms with van der Waals surface area (Å²) >= 11 is 7.64. The fourth-order valence-corrected chi connectivity index (χ4v) is 3.87. The minimum Gasteiger partial charge on any atom is -0.484 e. The summed E-state index contributed by atoms with van der Waals surface area (Å²) < 4.78 is 6.68. The van der Waals surface area contributed by atoms with E-state index in [-0.39, 0.29) is 12.5 Å². The lowest BCUT2D eigenvalue weighted by molar-refractivity contribution is -0.118. The van der Waals surface area contributed by atoms with Crippen molar-refractivity contribution in [3.8, 4) is 5.75 Å². The van der Waals surface area contributed by atoms with Gasteiger partial charge in [-0.25, -0.2) is 4.98 Å². The molecule has 0 saturated heterocycles. The Labute approximate surface area is 168 Å². The normalized spacial score (nSPS) is 12.2. The highest BCUT2D eigenvalue weighted by Crippen LogP contribution is 2.30. The maximum absolute atomic E-state index is 12.2. The van der Waals surface area contributed by atoms with Gasteiger partial charge in [-0.1, -0.05) is 42.9 Å². The lowest BCUT2D eigenvalue weighted by Gasteiger charge is -2.09. The second-order valence-corrected chi connectivity index (χ2v) is 8.17. The molecule has 3 aromatic rings. The average Bonchev–Trinajstić information content (AvgIpc) is 3.04. The molecule has 1 amide bonds. The lowest BCUT2D eigenvalue weighted by Crippen LogP contribution is -2.20. The number of hydrogen-bond acceptors (Lipinski definition) is 4. The predicted octanol–water partition coefficient (Wildman–Crippen LogP) is 6.10. The van der Waals surface area contributed by atoms with Gasteiger partial charge >= 0.3 is 0 Å². The van der Waals surface area contributed by atoms with Crippen LogP contribution in [-0.4, -0.2) is 17.5 Å². The summed E-state index contributed by atoms with van der Waals surface area (Å²) in [5.74, 6) is 0.905. The Morgan fingerprint density at radius 2 is 1.96 bits per heavy atom. The molecule has 0 bridgehead atoms. The van der Waals surface area contributed by atoms with Crippen molar-refractivity contribution in [3.63, 3.8) is 0 Å². The van der Waals surface area contributed by atoms with E-state index >= 15 is 0 Å². The first-order chi connectivity index (χ1) is 12.9. The van der Waals surface area contributed by atoms with Crippen LogP contribution in [-0.2, 0) is 4.79 Å². The van der Waals surface area contributed by atoms with Gasteiger partial charge in [0.2, 0.25) is 0 Å². The zero-order valence-electron chi connectivity index (χ0n) is 15.9. The van der Waals surface area contributed by atoms with E-state index in [0.717, 1.165) is 32.8 Å². The molecule has 1 atom stereocenters. The molecule has 0 aliphatic carbocycles.